The maximum atomic E-state index is 12.1. The molecular formula is C13H21N3OS. The number of hydrogen-bond donors (Lipinski definition) is 2. The number of amides is 1. The molecule has 0 spiro atoms. The fraction of sp³-hybridized carbons (Fsp3) is 0.692. The average molecular weight is 267 g/mol. The van der Waals surface area contributed by atoms with E-state index in [2.05, 4.69) is 15.6 Å². The molecule has 1 aliphatic carbocycles. The third kappa shape index (κ3) is 3.09. The molecule has 2 N–H and O–H groups in total. The molecule has 1 aromatic rings. The molecule has 1 heterocycles. The maximum absolute atomic E-state index is 12.1. The molecule has 1 saturated carbocycles. The van der Waals surface area contributed by atoms with Crippen molar-refractivity contribution in [3.05, 3.63) is 15.6 Å². The van der Waals surface area contributed by atoms with E-state index in [0.717, 1.165) is 41.3 Å². The van der Waals surface area contributed by atoms with Gasteiger partial charge in [0, 0.05) is 12.1 Å². The second-order valence-corrected chi connectivity index (χ2v) is 6.16. The number of carbonyl (C=O) groups is 1. The zero-order chi connectivity index (χ0) is 13.1. The van der Waals surface area contributed by atoms with Gasteiger partial charge >= 0.3 is 0 Å². The summed E-state index contributed by atoms with van der Waals surface area (Å²) in [4.78, 5) is 17.2. The van der Waals surface area contributed by atoms with Gasteiger partial charge in [-0.3, -0.25) is 4.79 Å². The van der Waals surface area contributed by atoms with Crippen molar-refractivity contribution >= 4 is 17.2 Å². The topological polar surface area (TPSA) is 54.0 Å². The van der Waals surface area contributed by atoms with E-state index in [9.17, 15) is 4.79 Å². The number of aryl methyl sites for hydroxylation is 2. The lowest BCUT2D eigenvalue weighted by molar-refractivity contribution is 0.0928. The van der Waals surface area contributed by atoms with Gasteiger partial charge in [-0.15, -0.1) is 11.3 Å². The lowest BCUT2D eigenvalue weighted by Gasteiger charge is -2.28. The minimum atomic E-state index is 0.0472. The molecule has 1 amide bonds. The van der Waals surface area contributed by atoms with Crippen LogP contribution in [0.3, 0.4) is 0 Å². The zero-order valence-corrected chi connectivity index (χ0v) is 12.1. The van der Waals surface area contributed by atoms with Crippen LogP contribution in [0.4, 0.5) is 0 Å². The standard InChI is InChI=1S/C13H21N3OS/c1-8-12(18-9(2)15-8)13(17)16-11-6-4-10(14-3)5-7-11/h10-11,14H,4-7H2,1-3H3,(H,16,17). The predicted molar refractivity (Wildman–Crippen MR) is 74.2 cm³/mol. The molecule has 1 aliphatic rings. The van der Waals surface area contributed by atoms with E-state index in [-0.39, 0.29) is 5.91 Å². The average Bonchev–Trinajstić information content (AvgIpc) is 2.69. The largest absolute Gasteiger partial charge is 0.349 e. The molecule has 1 fully saturated rings. The van der Waals surface area contributed by atoms with Crippen molar-refractivity contribution < 1.29 is 4.79 Å². The van der Waals surface area contributed by atoms with Gasteiger partial charge in [-0.1, -0.05) is 0 Å². The van der Waals surface area contributed by atoms with Crippen LogP contribution in [0.5, 0.6) is 0 Å². The molecule has 2 rings (SSSR count). The van der Waals surface area contributed by atoms with Gasteiger partial charge in [0.2, 0.25) is 0 Å². The van der Waals surface area contributed by atoms with E-state index < -0.39 is 0 Å². The first-order valence-electron chi connectivity index (χ1n) is 6.52. The number of nitrogens with zero attached hydrogens (tertiary/aromatic N) is 1. The molecule has 0 aromatic carbocycles. The number of hydrogen-bond acceptors (Lipinski definition) is 4. The summed E-state index contributed by atoms with van der Waals surface area (Å²) in [5.74, 6) is 0.0472. The van der Waals surface area contributed by atoms with E-state index in [1.807, 2.05) is 20.9 Å². The van der Waals surface area contributed by atoms with Gasteiger partial charge in [0.05, 0.1) is 10.7 Å². The Morgan fingerprint density at radius 2 is 1.83 bits per heavy atom. The van der Waals surface area contributed by atoms with Crippen LogP contribution in [-0.2, 0) is 0 Å². The highest BCUT2D eigenvalue weighted by atomic mass is 32.1. The molecule has 0 radical (unpaired) electrons. The Morgan fingerprint density at radius 1 is 1.22 bits per heavy atom. The van der Waals surface area contributed by atoms with Gasteiger partial charge in [0.1, 0.15) is 4.88 Å². The Labute approximate surface area is 112 Å². The third-order valence-corrected chi connectivity index (χ3v) is 4.65. The van der Waals surface area contributed by atoms with Crippen molar-refractivity contribution in [2.75, 3.05) is 7.05 Å². The van der Waals surface area contributed by atoms with Gasteiger partial charge in [0.15, 0.2) is 0 Å². The number of nitrogens with one attached hydrogen (secondary N) is 2. The Balaban J connectivity index is 1.90. The van der Waals surface area contributed by atoms with Crippen molar-refractivity contribution in [3.63, 3.8) is 0 Å². The van der Waals surface area contributed by atoms with Gasteiger partial charge < -0.3 is 10.6 Å². The Hall–Kier alpha value is -0.940. The van der Waals surface area contributed by atoms with Crippen LogP contribution < -0.4 is 10.6 Å². The van der Waals surface area contributed by atoms with E-state index >= 15 is 0 Å². The minimum Gasteiger partial charge on any atom is -0.349 e. The predicted octanol–water partition coefficient (Wildman–Crippen LogP) is 2.02. The van der Waals surface area contributed by atoms with Crippen LogP contribution in [0.1, 0.15) is 46.1 Å². The second-order valence-electron chi connectivity index (χ2n) is 4.96. The highest BCUT2D eigenvalue weighted by Crippen LogP contribution is 2.21. The van der Waals surface area contributed by atoms with Crippen LogP contribution in [0.2, 0.25) is 0 Å². The second kappa shape index (κ2) is 5.80. The summed E-state index contributed by atoms with van der Waals surface area (Å²) >= 11 is 1.48. The monoisotopic (exact) mass is 267 g/mol. The summed E-state index contributed by atoms with van der Waals surface area (Å²) < 4.78 is 0. The van der Waals surface area contributed by atoms with Gasteiger partial charge in [-0.25, -0.2) is 4.98 Å². The maximum Gasteiger partial charge on any atom is 0.263 e. The number of aromatic nitrogens is 1. The van der Waals surface area contributed by atoms with Gasteiger partial charge in [-0.2, -0.15) is 0 Å². The fourth-order valence-corrected chi connectivity index (χ4v) is 3.34. The molecule has 1 aromatic heterocycles. The van der Waals surface area contributed by atoms with E-state index in [1.165, 1.54) is 11.3 Å². The first-order valence-corrected chi connectivity index (χ1v) is 7.34. The van der Waals surface area contributed by atoms with Crippen LogP contribution in [-0.4, -0.2) is 30.0 Å². The Bertz CT molecular complexity index is 422. The summed E-state index contributed by atoms with van der Waals surface area (Å²) in [7, 11) is 2.01. The van der Waals surface area contributed by atoms with E-state index in [0.29, 0.717) is 12.1 Å². The van der Waals surface area contributed by atoms with Crippen molar-refractivity contribution in [2.24, 2.45) is 0 Å². The van der Waals surface area contributed by atoms with Crippen LogP contribution >= 0.6 is 11.3 Å². The summed E-state index contributed by atoms with van der Waals surface area (Å²) in [5.41, 5.74) is 0.846. The summed E-state index contributed by atoms with van der Waals surface area (Å²) in [6, 6.07) is 0.939. The summed E-state index contributed by atoms with van der Waals surface area (Å²) in [5, 5.41) is 7.39. The Morgan fingerprint density at radius 3 is 2.33 bits per heavy atom. The molecule has 0 aliphatic heterocycles. The highest BCUT2D eigenvalue weighted by molar-refractivity contribution is 7.13. The molecule has 5 heteroatoms. The SMILES string of the molecule is CNC1CCC(NC(=O)c2sc(C)nc2C)CC1. The molecular weight excluding hydrogens is 246 g/mol. The van der Waals surface area contributed by atoms with Crippen LogP contribution in [0, 0.1) is 13.8 Å². The van der Waals surface area contributed by atoms with Crippen LogP contribution in [0.25, 0.3) is 0 Å². The van der Waals surface area contributed by atoms with Gasteiger partial charge in [0.25, 0.3) is 5.91 Å². The lowest BCUT2D eigenvalue weighted by Crippen LogP contribution is -2.41. The van der Waals surface area contributed by atoms with Crippen molar-refractivity contribution in [3.8, 4) is 0 Å². The van der Waals surface area contributed by atoms with E-state index in [4.69, 9.17) is 0 Å². The first-order chi connectivity index (χ1) is 8.60. The fourth-order valence-electron chi connectivity index (χ4n) is 2.52. The molecule has 100 valence electrons. The molecule has 0 saturated heterocycles. The molecule has 4 nitrogen and oxygen atoms in total. The van der Waals surface area contributed by atoms with Crippen molar-refractivity contribution in [2.45, 2.75) is 51.6 Å². The van der Waals surface area contributed by atoms with Crippen molar-refractivity contribution in [1.29, 1.82) is 0 Å². The Kier molecular flexibility index (Phi) is 4.35. The molecule has 0 unspecified atom stereocenters. The minimum absolute atomic E-state index is 0.0472. The number of rotatable bonds is 3. The summed E-state index contributed by atoms with van der Waals surface area (Å²) in [6.45, 7) is 3.84. The number of carbonyl (C=O) groups excluding carboxylic acids is 1. The third-order valence-electron chi connectivity index (χ3n) is 3.58. The summed E-state index contributed by atoms with van der Waals surface area (Å²) in [6.07, 6.45) is 4.41. The lowest BCUT2D eigenvalue weighted by atomic mass is 9.91. The molecule has 18 heavy (non-hydrogen) atoms. The van der Waals surface area contributed by atoms with Gasteiger partial charge in [-0.05, 0) is 46.6 Å². The molecule has 0 bridgehead atoms. The molecule has 0 atom stereocenters. The van der Waals surface area contributed by atoms with Crippen LogP contribution in [0.15, 0.2) is 0 Å². The zero-order valence-electron chi connectivity index (χ0n) is 11.2. The van der Waals surface area contributed by atoms with E-state index in [1.54, 1.807) is 0 Å². The number of thiazole rings is 1. The highest BCUT2D eigenvalue weighted by Gasteiger charge is 2.23. The van der Waals surface area contributed by atoms with Crippen molar-refractivity contribution in [1.82, 2.24) is 15.6 Å². The normalized spacial score (nSPS) is 23.9. The smallest absolute Gasteiger partial charge is 0.263 e. The quantitative estimate of drug-likeness (QED) is 0.881. The first kappa shape index (κ1) is 13.5.